The molecule has 2 aromatic rings. The maximum Gasteiger partial charge on any atom is 0.244 e. The average Bonchev–Trinajstić information content (AvgIpc) is 2.99. The number of amides is 1. The highest BCUT2D eigenvalue weighted by Gasteiger charge is 2.26. The average molecular weight is 344 g/mol. The number of benzene rings is 1. The van der Waals surface area contributed by atoms with Crippen LogP contribution in [0.15, 0.2) is 30.5 Å². The van der Waals surface area contributed by atoms with Crippen molar-refractivity contribution in [2.75, 3.05) is 13.1 Å². The normalized spacial score (nSPS) is 20.5. The SMILES string of the molecule is Cc1cccc(OCc2cn(CC(=O)N3C[C@@H](C)O[C@H](C)C3)nn2)c1. The Kier molecular flexibility index (Phi) is 5.33. The molecule has 0 unspecified atom stereocenters. The predicted molar refractivity (Wildman–Crippen MR) is 92.1 cm³/mol. The van der Waals surface area contributed by atoms with Crippen LogP contribution in [0.2, 0.25) is 0 Å². The molecule has 7 heteroatoms. The van der Waals surface area contributed by atoms with Crippen LogP contribution in [-0.4, -0.2) is 51.1 Å². The summed E-state index contributed by atoms with van der Waals surface area (Å²) in [4.78, 5) is 14.3. The summed E-state index contributed by atoms with van der Waals surface area (Å²) in [6.07, 6.45) is 1.87. The fourth-order valence-electron chi connectivity index (χ4n) is 2.96. The molecule has 3 rings (SSSR count). The fourth-order valence-corrected chi connectivity index (χ4v) is 2.96. The van der Waals surface area contributed by atoms with Crippen molar-refractivity contribution >= 4 is 5.91 Å². The van der Waals surface area contributed by atoms with Crippen LogP contribution in [0.5, 0.6) is 5.75 Å². The molecule has 1 saturated heterocycles. The largest absolute Gasteiger partial charge is 0.487 e. The van der Waals surface area contributed by atoms with Gasteiger partial charge in [0.15, 0.2) is 0 Å². The van der Waals surface area contributed by atoms with Crippen LogP contribution in [0.25, 0.3) is 0 Å². The third kappa shape index (κ3) is 4.79. The summed E-state index contributed by atoms with van der Waals surface area (Å²) in [7, 11) is 0. The van der Waals surface area contributed by atoms with Crippen LogP contribution in [-0.2, 0) is 22.7 Å². The number of aryl methyl sites for hydroxylation is 1. The molecule has 2 atom stereocenters. The number of ether oxygens (including phenoxy) is 2. The lowest BCUT2D eigenvalue weighted by Crippen LogP contribution is -2.49. The maximum absolute atomic E-state index is 12.4. The number of aromatic nitrogens is 3. The molecule has 7 nitrogen and oxygen atoms in total. The Labute approximate surface area is 147 Å². The van der Waals surface area contributed by atoms with Crippen molar-refractivity contribution < 1.29 is 14.3 Å². The molecule has 0 aliphatic carbocycles. The van der Waals surface area contributed by atoms with Crippen molar-refractivity contribution in [3.8, 4) is 5.75 Å². The van der Waals surface area contributed by atoms with Gasteiger partial charge in [-0.3, -0.25) is 4.79 Å². The van der Waals surface area contributed by atoms with Crippen molar-refractivity contribution in [2.45, 2.75) is 46.1 Å². The van der Waals surface area contributed by atoms with E-state index in [9.17, 15) is 4.79 Å². The zero-order valence-corrected chi connectivity index (χ0v) is 14.9. The zero-order chi connectivity index (χ0) is 17.8. The van der Waals surface area contributed by atoms with Crippen molar-refractivity contribution in [1.29, 1.82) is 0 Å². The molecule has 134 valence electrons. The van der Waals surface area contributed by atoms with E-state index in [0.29, 0.717) is 25.4 Å². The van der Waals surface area contributed by atoms with Crippen molar-refractivity contribution in [3.05, 3.63) is 41.7 Å². The number of hydrogen-bond acceptors (Lipinski definition) is 5. The van der Waals surface area contributed by atoms with Crippen molar-refractivity contribution in [1.82, 2.24) is 19.9 Å². The number of rotatable bonds is 5. The molecule has 0 saturated carbocycles. The lowest BCUT2D eigenvalue weighted by Gasteiger charge is -2.35. The van der Waals surface area contributed by atoms with Crippen molar-refractivity contribution in [3.63, 3.8) is 0 Å². The summed E-state index contributed by atoms with van der Waals surface area (Å²) in [5.74, 6) is 0.819. The van der Waals surface area contributed by atoms with Crippen LogP contribution in [0.1, 0.15) is 25.1 Å². The number of carbonyl (C=O) groups is 1. The molecule has 0 N–H and O–H groups in total. The molecular weight excluding hydrogens is 320 g/mol. The highest BCUT2D eigenvalue weighted by atomic mass is 16.5. The van der Waals surface area contributed by atoms with E-state index in [-0.39, 0.29) is 24.7 Å². The summed E-state index contributed by atoms with van der Waals surface area (Å²) < 4.78 is 12.9. The summed E-state index contributed by atoms with van der Waals surface area (Å²) >= 11 is 0. The highest BCUT2D eigenvalue weighted by Crippen LogP contribution is 2.14. The molecule has 0 spiro atoms. The van der Waals surface area contributed by atoms with E-state index in [1.165, 1.54) is 0 Å². The monoisotopic (exact) mass is 344 g/mol. The molecule has 1 aliphatic rings. The Bertz CT molecular complexity index is 721. The summed E-state index contributed by atoms with van der Waals surface area (Å²) in [5.41, 5.74) is 1.83. The van der Waals surface area contributed by atoms with Crippen LogP contribution in [0, 0.1) is 6.92 Å². The number of hydrogen-bond donors (Lipinski definition) is 0. The van der Waals surface area contributed by atoms with Gasteiger partial charge in [-0.2, -0.15) is 0 Å². The van der Waals surface area contributed by atoms with E-state index in [4.69, 9.17) is 9.47 Å². The Morgan fingerprint density at radius 2 is 2.08 bits per heavy atom. The first-order valence-corrected chi connectivity index (χ1v) is 8.51. The second kappa shape index (κ2) is 7.65. The van der Waals surface area contributed by atoms with E-state index >= 15 is 0 Å². The van der Waals surface area contributed by atoms with Gasteiger partial charge in [0.05, 0.1) is 18.4 Å². The summed E-state index contributed by atoms with van der Waals surface area (Å²) in [5, 5.41) is 8.10. The van der Waals surface area contributed by atoms with Gasteiger partial charge in [-0.25, -0.2) is 4.68 Å². The molecule has 25 heavy (non-hydrogen) atoms. The van der Waals surface area contributed by atoms with Gasteiger partial charge in [-0.05, 0) is 38.5 Å². The lowest BCUT2D eigenvalue weighted by molar-refractivity contribution is -0.144. The summed E-state index contributed by atoms with van der Waals surface area (Å²) in [6.45, 7) is 7.70. The van der Waals surface area contributed by atoms with Gasteiger partial charge < -0.3 is 14.4 Å². The Morgan fingerprint density at radius 1 is 1.32 bits per heavy atom. The van der Waals surface area contributed by atoms with Crippen LogP contribution in [0.3, 0.4) is 0 Å². The van der Waals surface area contributed by atoms with Crippen LogP contribution >= 0.6 is 0 Å². The lowest BCUT2D eigenvalue weighted by atomic mass is 10.2. The third-order valence-electron chi connectivity index (χ3n) is 4.03. The standard InChI is InChI=1S/C18H24N4O3/c1-13-5-4-6-17(7-13)24-12-16-10-22(20-19-16)11-18(23)21-8-14(2)25-15(3)9-21/h4-7,10,14-15H,8-9,11-12H2,1-3H3/t14-,15-/m1/s1. The maximum atomic E-state index is 12.4. The molecule has 1 aliphatic heterocycles. The first-order valence-electron chi connectivity index (χ1n) is 8.51. The van der Waals surface area contributed by atoms with Gasteiger partial charge in [0, 0.05) is 13.1 Å². The van der Waals surface area contributed by atoms with Crippen LogP contribution in [0.4, 0.5) is 0 Å². The summed E-state index contributed by atoms with van der Waals surface area (Å²) in [6, 6.07) is 7.84. The first kappa shape index (κ1) is 17.4. The van der Waals surface area contributed by atoms with E-state index in [1.807, 2.05) is 49.9 Å². The Hall–Kier alpha value is -2.41. The molecule has 1 fully saturated rings. The molecule has 0 radical (unpaired) electrons. The zero-order valence-electron chi connectivity index (χ0n) is 14.9. The molecule has 1 aromatic heterocycles. The minimum atomic E-state index is 0.0260. The second-order valence-corrected chi connectivity index (χ2v) is 6.57. The van der Waals surface area contributed by atoms with Gasteiger partial charge in [0.2, 0.25) is 5.91 Å². The minimum absolute atomic E-state index is 0.0260. The number of morpholine rings is 1. The second-order valence-electron chi connectivity index (χ2n) is 6.57. The van der Waals surface area contributed by atoms with Gasteiger partial charge in [0.1, 0.15) is 24.6 Å². The van der Waals surface area contributed by atoms with E-state index in [0.717, 1.165) is 11.3 Å². The minimum Gasteiger partial charge on any atom is -0.487 e. The van der Waals surface area contributed by atoms with E-state index in [2.05, 4.69) is 10.3 Å². The fraction of sp³-hybridized carbons (Fsp3) is 0.500. The quantitative estimate of drug-likeness (QED) is 0.827. The van der Waals surface area contributed by atoms with Gasteiger partial charge in [-0.15, -0.1) is 5.10 Å². The first-order chi connectivity index (χ1) is 12.0. The molecule has 0 bridgehead atoms. The molecule has 1 amide bonds. The number of nitrogens with zero attached hydrogens (tertiary/aromatic N) is 4. The van der Waals surface area contributed by atoms with E-state index < -0.39 is 0 Å². The topological polar surface area (TPSA) is 69.5 Å². The third-order valence-corrected chi connectivity index (χ3v) is 4.03. The smallest absolute Gasteiger partial charge is 0.244 e. The molecule has 2 heterocycles. The molecular formula is C18H24N4O3. The van der Waals surface area contributed by atoms with Crippen LogP contribution < -0.4 is 4.74 Å². The Morgan fingerprint density at radius 3 is 2.80 bits per heavy atom. The number of carbonyl (C=O) groups excluding carboxylic acids is 1. The van der Waals surface area contributed by atoms with Gasteiger partial charge in [0.25, 0.3) is 0 Å². The highest BCUT2D eigenvalue weighted by molar-refractivity contribution is 5.76. The Balaban J connectivity index is 1.53. The van der Waals surface area contributed by atoms with Crippen molar-refractivity contribution in [2.24, 2.45) is 0 Å². The predicted octanol–water partition coefficient (Wildman–Crippen LogP) is 1.80. The van der Waals surface area contributed by atoms with Gasteiger partial charge in [-0.1, -0.05) is 17.3 Å². The van der Waals surface area contributed by atoms with Gasteiger partial charge >= 0.3 is 0 Å². The van der Waals surface area contributed by atoms with E-state index in [1.54, 1.807) is 10.9 Å². The molecule has 1 aromatic carbocycles.